The molecule has 0 aliphatic rings. The Morgan fingerprint density at radius 2 is 1.63 bits per heavy atom. The van der Waals surface area contributed by atoms with E-state index >= 15 is 0 Å². The number of carbonyl (C=O) groups excluding carboxylic acids is 4. The van der Waals surface area contributed by atoms with Crippen LogP contribution in [0.3, 0.4) is 0 Å². The molecule has 11 nitrogen and oxygen atoms in total. The van der Waals surface area contributed by atoms with Crippen LogP contribution in [0.25, 0.3) is 0 Å². The average molecular weight is 731 g/mol. The van der Waals surface area contributed by atoms with Gasteiger partial charge in [-0.1, -0.05) is 75.7 Å². The van der Waals surface area contributed by atoms with Crippen molar-refractivity contribution in [2.75, 3.05) is 32.3 Å². The molecular weight excluding hydrogens is 673 g/mol. The van der Waals surface area contributed by atoms with Crippen LogP contribution in [0.2, 0.25) is 0 Å². The molecule has 0 saturated heterocycles. The summed E-state index contributed by atoms with van der Waals surface area (Å²) >= 11 is 1.48. The molecule has 1 aromatic rings. The summed E-state index contributed by atoms with van der Waals surface area (Å²) in [7, 11) is 1.17. The molecule has 0 bridgehead atoms. The largest absolute Gasteiger partial charge is 0.481 e. The molecule has 0 aliphatic heterocycles. The fourth-order valence-corrected chi connectivity index (χ4v) is 5.66. The number of aliphatic carboxylic acids is 1. The third-order valence-electron chi connectivity index (χ3n) is 8.34. The molecule has 0 radical (unpaired) electrons. The van der Waals surface area contributed by atoms with E-state index in [4.69, 9.17) is 9.47 Å². The summed E-state index contributed by atoms with van der Waals surface area (Å²) in [6.07, 6.45) is 14.3. The number of aliphatic hydroxyl groups is 1. The second-order valence-electron chi connectivity index (χ2n) is 12.5. The highest BCUT2D eigenvalue weighted by molar-refractivity contribution is 7.98. The fourth-order valence-electron chi connectivity index (χ4n) is 5.35. The van der Waals surface area contributed by atoms with E-state index in [9.17, 15) is 34.2 Å². The Morgan fingerprint density at radius 3 is 2.22 bits per heavy atom. The summed E-state index contributed by atoms with van der Waals surface area (Å²) in [5.41, 5.74) is -2.15. The first-order valence-corrected chi connectivity index (χ1v) is 19.3. The summed E-state index contributed by atoms with van der Waals surface area (Å²) in [4.78, 5) is 63.9. The molecule has 0 heterocycles. The number of benzene rings is 1. The molecule has 2 amide bonds. The van der Waals surface area contributed by atoms with Gasteiger partial charge in [-0.3, -0.25) is 14.4 Å². The summed E-state index contributed by atoms with van der Waals surface area (Å²) < 4.78 is 10.4. The number of carboxylic acids is 1. The molecule has 0 fully saturated rings. The van der Waals surface area contributed by atoms with Crippen LogP contribution >= 0.6 is 11.8 Å². The smallest absolute Gasteiger partial charge is 0.337 e. The number of ketones is 1. The lowest BCUT2D eigenvalue weighted by atomic mass is 9.82. The van der Waals surface area contributed by atoms with E-state index in [-0.39, 0.29) is 19.6 Å². The Balaban J connectivity index is 3.02. The first-order valence-electron chi connectivity index (χ1n) is 17.9. The van der Waals surface area contributed by atoms with E-state index in [0.717, 1.165) is 32.1 Å². The number of Topliss-reactive ketones (excluding diaryl/α,β-unsaturated/α-hetero) is 1. The quantitative estimate of drug-likeness (QED) is 0.0379. The lowest BCUT2D eigenvalue weighted by molar-refractivity contribution is -0.169. The molecule has 284 valence electrons. The van der Waals surface area contributed by atoms with Gasteiger partial charge in [0.1, 0.15) is 24.2 Å². The number of carboxylic acid groups (broad SMARTS) is 1. The first kappa shape index (κ1) is 45.2. The van der Waals surface area contributed by atoms with Gasteiger partial charge < -0.3 is 30.3 Å². The van der Waals surface area contributed by atoms with E-state index < -0.39 is 47.7 Å². The minimum atomic E-state index is -2.80. The van der Waals surface area contributed by atoms with E-state index in [1.54, 1.807) is 37.3 Å². The van der Waals surface area contributed by atoms with Gasteiger partial charge in [0.25, 0.3) is 0 Å². The number of rotatable bonds is 28. The predicted octanol–water partition coefficient (Wildman–Crippen LogP) is 5.42. The number of hydrogen-bond acceptors (Lipinski definition) is 9. The molecule has 0 saturated carbocycles. The van der Waals surface area contributed by atoms with E-state index in [1.807, 2.05) is 6.26 Å². The van der Waals surface area contributed by atoms with Crippen LogP contribution in [0.4, 0.5) is 0 Å². The molecule has 4 N–H and O–H groups in total. The van der Waals surface area contributed by atoms with Crippen molar-refractivity contribution in [3.05, 3.63) is 42.0 Å². The number of unbranched alkanes of at least 4 members (excludes halogenated alkanes) is 8. The number of esters is 1. The Morgan fingerprint density at radius 1 is 0.980 bits per heavy atom. The number of carbonyl (C=O) groups is 5. The van der Waals surface area contributed by atoms with Crippen LogP contribution < -0.4 is 15.4 Å². The van der Waals surface area contributed by atoms with Gasteiger partial charge in [-0.2, -0.15) is 11.8 Å². The molecule has 1 rings (SSSR count). The van der Waals surface area contributed by atoms with Gasteiger partial charge >= 0.3 is 11.9 Å². The van der Waals surface area contributed by atoms with Gasteiger partial charge in [0.05, 0.1) is 19.4 Å². The third kappa shape index (κ3) is 18.8. The maximum absolute atomic E-state index is 13.8. The predicted molar refractivity (Wildman–Crippen MR) is 200 cm³/mol. The number of amides is 2. The number of ether oxygens (including phenoxy) is 2. The first-order chi connectivity index (χ1) is 24.5. The minimum Gasteiger partial charge on any atom is -0.481 e. The van der Waals surface area contributed by atoms with Crippen molar-refractivity contribution in [2.45, 2.75) is 115 Å². The van der Waals surface area contributed by atoms with Crippen molar-refractivity contribution >= 4 is 41.3 Å². The second-order valence-corrected chi connectivity index (χ2v) is 13.4. The summed E-state index contributed by atoms with van der Waals surface area (Å²) in [6.45, 7) is 4.34. The molecule has 3 atom stereocenters. The summed E-state index contributed by atoms with van der Waals surface area (Å²) in [6, 6.07) is 5.60. The monoisotopic (exact) mass is 730 g/mol. The number of thioether (sulfide) groups is 1. The number of hydrogen-bond donors (Lipinski definition) is 4. The number of allylic oxidation sites excluding steroid dienone is 1. The lowest BCUT2D eigenvalue weighted by Gasteiger charge is -2.30. The molecule has 51 heavy (non-hydrogen) atoms. The average Bonchev–Trinajstić information content (AvgIpc) is 3.10. The van der Waals surface area contributed by atoms with Crippen LogP contribution in [0, 0.1) is 17.8 Å². The van der Waals surface area contributed by atoms with Gasteiger partial charge in [-0.25, -0.2) is 9.59 Å². The minimum absolute atomic E-state index is 0.00588. The molecule has 0 aromatic heterocycles. The SMILES string of the molecule is CC#CCOc1ccc(C[C@H](NC(=O)[C@@H](C=CCCCCCCC(=O)CCCCCCC)[C@@](O)(CC(=O)NCCSC)C(=O)O)C(=O)OC)cc1. The van der Waals surface area contributed by atoms with Gasteiger partial charge in [-0.05, 0) is 56.6 Å². The molecule has 0 aliphatic carbocycles. The van der Waals surface area contributed by atoms with Crippen molar-refractivity contribution in [3.8, 4) is 17.6 Å². The molecular formula is C39H58N2O9S. The summed E-state index contributed by atoms with van der Waals surface area (Å²) in [5.74, 6) is 1.07. The lowest BCUT2D eigenvalue weighted by Crippen LogP contribution is -2.56. The summed E-state index contributed by atoms with van der Waals surface area (Å²) in [5, 5.41) is 26.7. The van der Waals surface area contributed by atoms with Crippen molar-refractivity contribution in [2.24, 2.45) is 5.92 Å². The zero-order chi connectivity index (χ0) is 37.9. The van der Waals surface area contributed by atoms with Gasteiger partial charge in [0.2, 0.25) is 11.8 Å². The number of nitrogens with one attached hydrogen (secondary N) is 2. The Kier molecular flexibility index (Phi) is 23.9. The van der Waals surface area contributed by atoms with Crippen molar-refractivity contribution in [1.82, 2.24) is 10.6 Å². The topological polar surface area (TPSA) is 168 Å². The van der Waals surface area contributed by atoms with Crippen molar-refractivity contribution < 1.29 is 43.7 Å². The number of methoxy groups -OCH3 is 1. The second kappa shape index (κ2) is 26.9. The Bertz CT molecular complexity index is 1310. The van der Waals surface area contributed by atoms with Crippen LogP contribution in [0.1, 0.15) is 103 Å². The van der Waals surface area contributed by atoms with Gasteiger partial charge in [-0.15, -0.1) is 5.92 Å². The third-order valence-corrected chi connectivity index (χ3v) is 8.96. The van der Waals surface area contributed by atoms with E-state index in [1.165, 1.54) is 44.2 Å². The Hall–Kier alpha value is -3.82. The standard InChI is InChI=1S/C39H58N2O9S/c1-5-7-9-12-15-18-31(42)19-16-13-10-11-14-17-20-33(39(48,38(46)47)29-35(43)40-25-27-51-4)36(44)41-34(37(45)49-3)28-30-21-23-32(24-22-30)50-26-8-6-2/h17,20-24,33-34,48H,5,7,9-16,18-19,25-29H2,1-4H3,(H,40,43)(H,41,44)(H,46,47)/t33-,34+,39+/m1/s1. The molecule has 12 heteroatoms. The van der Waals surface area contributed by atoms with Gasteiger partial charge in [0.15, 0.2) is 5.60 Å². The normalized spacial score (nSPS) is 13.3. The zero-order valence-corrected chi connectivity index (χ0v) is 31.6. The van der Waals surface area contributed by atoms with Gasteiger partial charge in [0, 0.05) is 31.6 Å². The highest BCUT2D eigenvalue weighted by atomic mass is 32.2. The molecule has 0 spiro atoms. The maximum Gasteiger partial charge on any atom is 0.337 e. The molecule has 1 aromatic carbocycles. The van der Waals surface area contributed by atoms with Crippen LogP contribution in [0.15, 0.2) is 36.4 Å². The zero-order valence-electron chi connectivity index (χ0n) is 30.8. The highest BCUT2D eigenvalue weighted by Gasteiger charge is 2.49. The van der Waals surface area contributed by atoms with E-state index in [0.29, 0.717) is 48.5 Å². The Labute approximate surface area is 308 Å². The molecule has 0 unspecified atom stereocenters. The van der Waals surface area contributed by atoms with Crippen LogP contribution in [-0.2, 0) is 35.1 Å². The fraction of sp³-hybridized carbons (Fsp3) is 0.615. The van der Waals surface area contributed by atoms with Crippen molar-refractivity contribution in [3.63, 3.8) is 0 Å². The van der Waals surface area contributed by atoms with Crippen molar-refractivity contribution in [1.29, 1.82) is 0 Å². The van der Waals surface area contributed by atoms with Crippen LogP contribution in [-0.4, -0.2) is 83.7 Å². The van der Waals surface area contributed by atoms with E-state index in [2.05, 4.69) is 29.4 Å². The maximum atomic E-state index is 13.8. The van der Waals surface area contributed by atoms with Crippen LogP contribution in [0.5, 0.6) is 5.75 Å². The highest BCUT2D eigenvalue weighted by Crippen LogP contribution is 2.26.